The van der Waals surface area contributed by atoms with Crippen molar-refractivity contribution in [3.8, 4) is 5.75 Å². The molecule has 12 heteroatoms. The summed E-state index contributed by atoms with van der Waals surface area (Å²) < 4.78 is 51.0. The Bertz CT molecular complexity index is 871. The normalized spacial score (nSPS) is 15.7. The number of alkyl halides is 3. The highest BCUT2D eigenvalue weighted by molar-refractivity contribution is 8.00. The number of carbonyl (C=O) groups is 1. The van der Waals surface area contributed by atoms with Gasteiger partial charge in [-0.15, -0.1) is 10.2 Å². The molecule has 1 aromatic carbocycles. The number of nitrogens with one attached hydrogen (secondary N) is 1. The van der Waals surface area contributed by atoms with Gasteiger partial charge in [0.1, 0.15) is 12.3 Å². The molecular weight excluding hydrogens is 423 g/mol. The lowest BCUT2D eigenvalue weighted by Gasteiger charge is -2.28. The van der Waals surface area contributed by atoms with Crippen molar-refractivity contribution in [2.75, 3.05) is 43.6 Å². The van der Waals surface area contributed by atoms with Gasteiger partial charge in [0.05, 0.1) is 31.3 Å². The van der Waals surface area contributed by atoms with Gasteiger partial charge in [-0.1, -0.05) is 23.9 Å². The van der Waals surface area contributed by atoms with Crippen LogP contribution in [0.2, 0.25) is 0 Å². The van der Waals surface area contributed by atoms with Crippen LogP contribution in [0.25, 0.3) is 0 Å². The molecule has 1 aliphatic rings. The molecule has 2 heterocycles. The molecular formula is C18H22F3N5O3S. The first-order chi connectivity index (χ1) is 14.3. The number of hydrogen-bond donors (Lipinski definition) is 1. The molecule has 1 aliphatic heterocycles. The number of methoxy groups -OCH3 is 1. The minimum atomic E-state index is -4.46. The minimum absolute atomic E-state index is 0.0245. The molecule has 0 bridgehead atoms. The number of nitrogens with zero attached hydrogens (tertiary/aromatic N) is 4. The van der Waals surface area contributed by atoms with Crippen molar-refractivity contribution in [3.05, 3.63) is 24.3 Å². The molecule has 3 rings (SSSR count). The summed E-state index contributed by atoms with van der Waals surface area (Å²) in [6, 6.07) is 6.88. The van der Waals surface area contributed by atoms with Crippen molar-refractivity contribution in [3.63, 3.8) is 0 Å². The molecule has 0 aliphatic carbocycles. The second-order valence-electron chi connectivity index (χ2n) is 6.53. The Morgan fingerprint density at radius 2 is 2.00 bits per heavy atom. The third kappa shape index (κ3) is 5.57. The zero-order chi connectivity index (χ0) is 21.7. The quantitative estimate of drug-likeness (QED) is 0.657. The van der Waals surface area contributed by atoms with Crippen LogP contribution in [0.5, 0.6) is 5.75 Å². The van der Waals surface area contributed by atoms with Gasteiger partial charge < -0.3 is 19.7 Å². The highest BCUT2D eigenvalue weighted by atomic mass is 32.2. The Kier molecular flexibility index (Phi) is 7.08. The fourth-order valence-corrected chi connectivity index (χ4v) is 3.72. The van der Waals surface area contributed by atoms with Crippen LogP contribution in [0.15, 0.2) is 29.4 Å². The summed E-state index contributed by atoms with van der Waals surface area (Å²) in [7, 11) is 1.48. The Hall–Kier alpha value is -2.47. The number of aromatic nitrogens is 3. The number of amides is 1. The van der Waals surface area contributed by atoms with Gasteiger partial charge in [0.15, 0.2) is 5.16 Å². The maximum absolute atomic E-state index is 13.2. The largest absolute Gasteiger partial charge is 0.495 e. The van der Waals surface area contributed by atoms with Gasteiger partial charge >= 0.3 is 6.18 Å². The number of anilines is 2. The van der Waals surface area contributed by atoms with E-state index in [2.05, 4.69) is 15.5 Å². The van der Waals surface area contributed by atoms with Gasteiger partial charge in [-0.25, -0.2) is 0 Å². The summed E-state index contributed by atoms with van der Waals surface area (Å²) in [5.74, 6) is 0.215. The molecule has 1 saturated heterocycles. The van der Waals surface area contributed by atoms with Crippen LogP contribution in [0, 0.1) is 0 Å². The molecule has 2 aromatic rings. The fraction of sp³-hybridized carbons (Fsp3) is 0.500. The van der Waals surface area contributed by atoms with Gasteiger partial charge in [0.25, 0.3) is 0 Å². The monoisotopic (exact) mass is 445 g/mol. The van der Waals surface area contributed by atoms with Gasteiger partial charge in [-0.2, -0.15) is 13.2 Å². The van der Waals surface area contributed by atoms with Crippen LogP contribution in [-0.2, 0) is 16.1 Å². The topological polar surface area (TPSA) is 81.5 Å². The van der Waals surface area contributed by atoms with Crippen LogP contribution in [-0.4, -0.2) is 65.5 Å². The van der Waals surface area contributed by atoms with E-state index < -0.39 is 18.0 Å². The number of para-hydroxylation sites is 2. The second-order valence-corrected chi connectivity index (χ2v) is 7.84. The molecule has 1 unspecified atom stereocenters. The molecule has 30 heavy (non-hydrogen) atoms. The molecule has 164 valence electrons. The van der Waals surface area contributed by atoms with Gasteiger partial charge in [0.2, 0.25) is 11.9 Å². The molecule has 1 fully saturated rings. The van der Waals surface area contributed by atoms with Crippen molar-refractivity contribution >= 4 is 29.3 Å². The van der Waals surface area contributed by atoms with Crippen LogP contribution < -0.4 is 15.0 Å². The third-order valence-electron chi connectivity index (χ3n) is 4.34. The smallest absolute Gasteiger partial charge is 0.406 e. The van der Waals surface area contributed by atoms with E-state index in [0.29, 0.717) is 37.7 Å². The summed E-state index contributed by atoms with van der Waals surface area (Å²) in [6.07, 6.45) is -4.46. The number of ether oxygens (including phenoxy) is 2. The van der Waals surface area contributed by atoms with E-state index in [1.807, 2.05) is 0 Å². The molecule has 1 aromatic heterocycles. The van der Waals surface area contributed by atoms with Crippen LogP contribution in [0.3, 0.4) is 0 Å². The lowest BCUT2D eigenvalue weighted by Crippen LogP contribution is -2.38. The maximum Gasteiger partial charge on any atom is 0.406 e. The summed E-state index contributed by atoms with van der Waals surface area (Å²) in [5, 5.41) is 9.92. The van der Waals surface area contributed by atoms with Crippen molar-refractivity contribution in [2.24, 2.45) is 0 Å². The van der Waals surface area contributed by atoms with E-state index in [1.54, 1.807) is 36.1 Å². The average Bonchev–Trinajstić information content (AvgIpc) is 3.09. The number of thioether (sulfide) groups is 1. The number of carbonyl (C=O) groups excluding carboxylic acids is 1. The molecule has 0 radical (unpaired) electrons. The predicted molar refractivity (Wildman–Crippen MR) is 106 cm³/mol. The summed E-state index contributed by atoms with van der Waals surface area (Å²) >= 11 is 0.915. The predicted octanol–water partition coefficient (Wildman–Crippen LogP) is 2.80. The second kappa shape index (κ2) is 9.56. The standard InChI is InChI=1S/C18H22F3N5O3S/c1-12(15(27)22-13-5-3-4-6-14(13)28-2)30-17-24-23-16(25-7-9-29-10-8-25)26(17)11-18(19,20)21/h3-6,12H,7-11H2,1-2H3,(H,22,27). The molecule has 8 nitrogen and oxygen atoms in total. The van der Waals surface area contributed by atoms with Crippen molar-refractivity contribution in [1.82, 2.24) is 14.8 Å². The number of morpholine rings is 1. The first-order valence-corrected chi connectivity index (χ1v) is 10.1. The Morgan fingerprint density at radius 1 is 1.30 bits per heavy atom. The molecule has 1 amide bonds. The number of hydrogen-bond acceptors (Lipinski definition) is 7. The van der Waals surface area contributed by atoms with Crippen molar-refractivity contribution < 1.29 is 27.4 Å². The minimum Gasteiger partial charge on any atom is -0.495 e. The fourth-order valence-electron chi connectivity index (χ4n) is 2.88. The first kappa shape index (κ1) is 22.2. The van der Waals surface area contributed by atoms with Gasteiger partial charge in [-0.3, -0.25) is 9.36 Å². The Labute approximate surface area is 175 Å². The van der Waals surface area contributed by atoms with E-state index in [4.69, 9.17) is 9.47 Å². The van der Waals surface area contributed by atoms with Crippen LogP contribution in [0.4, 0.5) is 24.8 Å². The summed E-state index contributed by atoms with van der Waals surface area (Å²) in [5.41, 5.74) is 0.475. The van der Waals surface area contributed by atoms with Crippen LogP contribution in [0.1, 0.15) is 6.92 Å². The average molecular weight is 445 g/mol. The van der Waals surface area contributed by atoms with Gasteiger partial charge in [-0.05, 0) is 19.1 Å². The summed E-state index contributed by atoms with van der Waals surface area (Å²) in [4.78, 5) is 14.3. The Morgan fingerprint density at radius 3 is 2.67 bits per heavy atom. The van der Waals surface area contributed by atoms with E-state index in [1.165, 1.54) is 7.11 Å². The molecule has 1 atom stereocenters. The van der Waals surface area contributed by atoms with Gasteiger partial charge in [0, 0.05) is 13.1 Å². The lowest BCUT2D eigenvalue weighted by molar-refractivity contribution is -0.141. The zero-order valence-electron chi connectivity index (χ0n) is 16.5. The molecule has 1 N–H and O–H groups in total. The Balaban J connectivity index is 1.77. The highest BCUT2D eigenvalue weighted by Crippen LogP contribution is 2.31. The van der Waals surface area contributed by atoms with Crippen LogP contribution >= 0.6 is 11.8 Å². The first-order valence-electron chi connectivity index (χ1n) is 9.21. The number of benzene rings is 1. The summed E-state index contributed by atoms with van der Waals surface area (Å²) in [6.45, 7) is 2.00. The van der Waals surface area contributed by atoms with E-state index in [0.717, 1.165) is 16.3 Å². The SMILES string of the molecule is COc1ccccc1NC(=O)C(C)Sc1nnc(N2CCOCC2)n1CC(F)(F)F. The number of rotatable bonds is 7. The molecule has 0 spiro atoms. The zero-order valence-corrected chi connectivity index (χ0v) is 17.3. The van der Waals surface area contributed by atoms with E-state index >= 15 is 0 Å². The third-order valence-corrected chi connectivity index (χ3v) is 5.43. The maximum atomic E-state index is 13.2. The van der Waals surface area contributed by atoms with E-state index in [9.17, 15) is 18.0 Å². The highest BCUT2D eigenvalue weighted by Gasteiger charge is 2.33. The van der Waals surface area contributed by atoms with Crippen molar-refractivity contribution in [1.29, 1.82) is 0 Å². The lowest BCUT2D eigenvalue weighted by atomic mass is 10.3. The molecule has 0 saturated carbocycles. The van der Waals surface area contributed by atoms with E-state index in [-0.39, 0.29) is 17.0 Å². The van der Waals surface area contributed by atoms with Crippen molar-refractivity contribution in [2.45, 2.75) is 30.1 Å². The number of halogens is 3.